The second kappa shape index (κ2) is 11.4. The lowest BCUT2D eigenvalue weighted by molar-refractivity contribution is -0.120. The van der Waals surface area contributed by atoms with Crippen molar-refractivity contribution < 1.29 is 27.4 Å². The Labute approximate surface area is 220 Å². The minimum Gasteiger partial charge on any atom is -0.497 e. The fourth-order valence-electron chi connectivity index (χ4n) is 4.22. The molecule has 1 aliphatic heterocycles. The molecule has 0 aliphatic carbocycles. The summed E-state index contributed by atoms with van der Waals surface area (Å²) in [7, 11) is 2.30. The number of thiazole rings is 1. The summed E-state index contributed by atoms with van der Waals surface area (Å²) in [5.74, 6) is 0.311. The largest absolute Gasteiger partial charge is 0.497 e. The number of nitrogens with zero attached hydrogens (tertiary/aromatic N) is 2. The first-order chi connectivity index (χ1) is 17.8. The number of hydrogen-bond acceptors (Lipinski definition) is 9. The third-order valence-electron chi connectivity index (χ3n) is 6.21. The predicted molar refractivity (Wildman–Crippen MR) is 143 cm³/mol. The van der Waals surface area contributed by atoms with Gasteiger partial charge in [0.15, 0.2) is 5.13 Å². The average Bonchev–Trinajstić information content (AvgIpc) is 3.42. The topological polar surface area (TPSA) is 119 Å². The Bertz CT molecular complexity index is 1380. The highest BCUT2D eigenvalue weighted by molar-refractivity contribution is 7.89. The van der Waals surface area contributed by atoms with Gasteiger partial charge in [-0.1, -0.05) is 0 Å². The molecule has 1 saturated heterocycles. The van der Waals surface area contributed by atoms with E-state index >= 15 is 0 Å². The Morgan fingerprint density at radius 3 is 2.51 bits per heavy atom. The second-order valence-electron chi connectivity index (χ2n) is 8.41. The molecule has 4 rings (SSSR count). The van der Waals surface area contributed by atoms with Gasteiger partial charge in [-0.15, -0.1) is 11.3 Å². The van der Waals surface area contributed by atoms with Crippen molar-refractivity contribution in [2.75, 3.05) is 52.1 Å². The summed E-state index contributed by atoms with van der Waals surface area (Å²) in [4.78, 5) is 17.8. The van der Waals surface area contributed by atoms with Crippen LogP contribution in [-0.2, 0) is 14.8 Å². The van der Waals surface area contributed by atoms with Crippen LogP contribution < -0.4 is 24.8 Å². The van der Waals surface area contributed by atoms with E-state index in [1.165, 1.54) is 43.0 Å². The Morgan fingerprint density at radius 2 is 1.84 bits per heavy atom. The highest BCUT2D eigenvalue weighted by atomic mass is 32.2. The molecule has 198 valence electrons. The van der Waals surface area contributed by atoms with E-state index in [-0.39, 0.29) is 23.1 Å². The van der Waals surface area contributed by atoms with Crippen molar-refractivity contribution in [3.63, 3.8) is 0 Å². The van der Waals surface area contributed by atoms with E-state index in [2.05, 4.69) is 15.6 Å². The molecule has 0 radical (unpaired) electrons. The summed E-state index contributed by atoms with van der Waals surface area (Å²) in [6.07, 6.45) is 1.11. The Morgan fingerprint density at radius 1 is 1.08 bits per heavy atom. The highest BCUT2D eigenvalue weighted by Crippen LogP contribution is 2.35. The van der Waals surface area contributed by atoms with Gasteiger partial charge in [0.25, 0.3) is 0 Å². The van der Waals surface area contributed by atoms with Gasteiger partial charge in [0, 0.05) is 37.1 Å². The molecule has 0 spiro atoms. The normalized spacial score (nSPS) is 16.2. The number of hydrogen-bond donors (Lipinski definition) is 2. The van der Waals surface area contributed by atoms with Gasteiger partial charge >= 0.3 is 0 Å². The van der Waals surface area contributed by atoms with Crippen LogP contribution >= 0.6 is 11.3 Å². The summed E-state index contributed by atoms with van der Waals surface area (Å²) in [5.41, 5.74) is 2.10. The van der Waals surface area contributed by atoms with E-state index in [1.807, 2.05) is 17.5 Å². The Hall–Kier alpha value is -3.35. The average molecular weight is 547 g/mol. The van der Waals surface area contributed by atoms with Crippen molar-refractivity contribution in [2.45, 2.75) is 17.7 Å². The Balaban J connectivity index is 1.55. The molecule has 1 aromatic heterocycles. The maximum atomic E-state index is 13.5. The molecule has 10 nitrogen and oxygen atoms in total. The smallest absolute Gasteiger partial charge is 0.246 e. The van der Waals surface area contributed by atoms with E-state index in [4.69, 9.17) is 14.2 Å². The number of rotatable bonds is 9. The fourth-order valence-corrected chi connectivity index (χ4v) is 6.60. The van der Waals surface area contributed by atoms with E-state index in [1.54, 1.807) is 25.2 Å². The number of carbonyl (C=O) groups is 1. The lowest BCUT2D eigenvalue weighted by Crippen LogP contribution is -2.43. The second-order valence-corrected chi connectivity index (χ2v) is 11.2. The summed E-state index contributed by atoms with van der Waals surface area (Å²) in [6, 6.07) is 10.1. The molecule has 0 unspecified atom stereocenters. The van der Waals surface area contributed by atoms with Crippen LogP contribution in [0.4, 0.5) is 10.8 Å². The third-order valence-corrected chi connectivity index (χ3v) is 8.96. The lowest BCUT2D eigenvalue weighted by atomic mass is 9.98. The summed E-state index contributed by atoms with van der Waals surface area (Å²) < 4.78 is 44.3. The molecule has 3 aromatic rings. The number of anilines is 2. The van der Waals surface area contributed by atoms with Gasteiger partial charge in [0.2, 0.25) is 15.9 Å². The summed E-state index contributed by atoms with van der Waals surface area (Å²) in [5, 5.41) is 8.67. The molecule has 37 heavy (non-hydrogen) atoms. The van der Waals surface area contributed by atoms with Gasteiger partial charge in [-0.3, -0.25) is 4.79 Å². The number of aromatic nitrogens is 1. The molecular formula is C25H30N4O6S2. The zero-order valence-corrected chi connectivity index (χ0v) is 22.7. The number of benzene rings is 2. The van der Waals surface area contributed by atoms with Crippen LogP contribution in [0.15, 0.2) is 46.7 Å². The lowest BCUT2D eigenvalue weighted by Gasteiger charge is -2.31. The van der Waals surface area contributed by atoms with E-state index < -0.39 is 15.9 Å². The van der Waals surface area contributed by atoms with Gasteiger partial charge in [0.1, 0.15) is 22.1 Å². The minimum absolute atomic E-state index is 0.00831. The number of methoxy groups -OCH3 is 3. The van der Waals surface area contributed by atoms with E-state index in [0.29, 0.717) is 36.6 Å². The quantitative estimate of drug-likeness (QED) is 0.415. The number of amides is 1. The maximum Gasteiger partial charge on any atom is 0.246 e. The molecule has 2 N–H and O–H groups in total. The van der Waals surface area contributed by atoms with Crippen molar-refractivity contribution in [1.82, 2.24) is 9.29 Å². The molecular weight excluding hydrogens is 516 g/mol. The molecule has 12 heteroatoms. The number of carbonyl (C=O) groups excluding carboxylic acids is 1. The number of piperidine rings is 1. The molecule has 1 atom stereocenters. The zero-order valence-electron chi connectivity index (χ0n) is 21.1. The van der Waals surface area contributed by atoms with Crippen molar-refractivity contribution in [2.24, 2.45) is 5.92 Å². The molecule has 0 bridgehead atoms. The van der Waals surface area contributed by atoms with E-state index in [0.717, 1.165) is 16.4 Å². The third kappa shape index (κ3) is 5.65. The molecule has 0 saturated carbocycles. The molecule has 2 heterocycles. The Kier molecular flexibility index (Phi) is 8.20. The van der Waals surface area contributed by atoms with Crippen LogP contribution in [0.5, 0.6) is 17.2 Å². The SMILES string of the molecule is CNc1nc(-c2ccc(OC)c(NC(=O)[C@@H]3CCCN(S(=O)(=O)c4cc(OC)ccc4OC)C3)c2)cs1. The molecule has 1 amide bonds. The molecule has 1 aliphatic rings. The van der Waals surface area contributed by atoms with Crippen LogP contribution in [0.1, 0.15) is 12.8 Å². The summed E-state index contributed by atoms with van der Waals surface area (Å²) in [6.45, 7) is 0.358. The van der Waals surface area contributed by atoms with Gasteiger partial charge in [-0.2, -0.15) is 4.31 Å². The number of sulfonamides is 1. The van der Waals surface area contributed by atoms with Crippen molar-refractivity contribution in [1.29, 1.82) is 0 Å². The van der Waals surface area contributed by atoms with Crippen LogP contribution in [0, 0.1) is 5.92 Å². The first-order valence-corrected chi connectivity index (χ1v) is 14.0. The van der Waals surface area contributed by atoms with Gasteiger partial charge in [0.05, 0.1) is 38.6 Å². The van der Waals surface area contributed by atoms with Gasteiger partial charge in [-0.25, -0.2) is 13.4 Å². The monoisotopic (exact) mass is 546 g/mol. The van der Waals surface area contributed by atoms with Crippen LogP contribution in [0.25, 0.3) is 11.3 Å². The highest BCUT2D eigenvalue weighted by Gasteiger charge is 2.35. The number of nitrogens with one attached hydrogen (secondary N) is 2. The van der Waals surface area contributed by atoms with Crippen molar-refractivity contribution in [3.8, 4) is 28.5 Å². The first-order valence-electron chi connectivity index (χ1n) is 11.7. The molecule has 1 fully saturated rings. The van der Waals surface area contributed by atoms with E-state index in [9.17, 15) is 13.2 Å². The zero-order chi connectivity index (χ0) is 26.6. The van der Waals surface area contributed by atoms with Crippen LogP contribution in [0.3, 0.4) is 0 Å². The van der Waals surface area contributed by atoms with Gasteiger partial charge < -0.3 is 24.8 Å². The van der Waals surface area contributed by atoms with Crippen LogP contribution in [0.2, 0.25) is 0 Å². The maximum absolute atomic E-state index is 13.5. The first kappa shape index (κ1) is 26.7. The minimum atomic E-state index is -3.92. The van der Waals surface area contributed by atoms with Crippen LogP contribution in [-0.4, -0.2) is 65.1 Å². The summed E-state index contributed by atoms with van der Waals surface area (Å²) >= 11 is 1.48. The predicted octanol–water partition coefficient (Wildman–Crippen LogP) is 3.92. The molecule has 2 aromatic carbocycles. The van der Waals surface area contributed by atoms with Crippen molar-refractivity contribution in [3.05, 3.63) is 41.8 Å². The number of ether oxygens (including phenoxy) is 3. The van der Waals surface area contributed by atoms with Gasteiger partial charge in [-0.05, 0) is 43.2 Å². The fraction of sp³-hybridized carbons (Fsp3) is 0.360. The standard InChI is InChI=1S/C25H30N4O6S2/c1-26-25-28-20(15-36-25)16-7-9-21(34-3)19(12-16)27-24(30)17-6-5-11-29(14-17)37(31,32)23-13-18(33-2)8-10-22(23)35-4/h7-10,12-13,15,17H,5-6,11,14H2,1-4H3,(H,26,28)(H,27,30)/t17-/m1/s1. The van der Waals surface area contributed by atoms with Crippen molar-refractivity contribution >= 4 is 38.1 Å².